The Morgan fingerprint density at radius 2 is 1.76 bits per heavy atom. The van der Waals surface area contributed by atoms with Crippen LogP contribution in [0.3, 0.4) is 0 Å². The van der Waals surface area contributed by atoms with Crippen molar-refractivity contribution in [1.29, 1.82) is 0 Å². The van der Waals surface area contributed by atoms with Gasteiger partial charge in [-0.25, -0.2) is 4.79 Å². The van der Waals surface area contributed by atoms with Crippen molar-refractivity contribution in [2.75, 3.05) is 32.4 Å². The molecule has 0 spiro atoms. The monoisotopic (exact) mass is 418 g/mol. The van der Waals surface area contributed by atoms with Crippen LogP contribution in [0.2, 0.25) is 0 Å². The number of carbonyl (C=O) groups is 1. The van der Waals surface area contributed by atoms with E-state index < -0.39 is 5.63 Å². The molecule has 3 aromatic rings. The summed E-state index contributed by atoms with van der Waals surface area (Å²) in [5.41, 5.74) is 0.597. The molecule has 0 saturated heterocycles. The van der Waals surface area contributed by atoms with E-state index in [1.54, 1.807) is 56.7 Å². The van der Waals surface area contributed by atoms with Gasteiger partial charge in [0.25, 0.3) is 0 Å². The second-order valence-electron chi connectivity index (χ2n) is 5.72. The number of ether oxygens (including phenoxy) is 3. The van der Waals surface area contributed by atoms with Crippen LogP contribution in [0.1, 0.15) is 0 Å². The van der Waals surface area contributed by atoms with Gasteiger partial charge in [-0.2, -0.15) is 0 Å². The first kappa shape index (κ1) is 20.3. The minimum atomic E-state index is -0.569. The number of amides is 1. The second kappa shape index (κ2) is 9.20. The van der Waals surface area contributed by atoms with Crippen LogP contribution in [0.25, 0.3) is 5.69 Å². The predicted octanol–water partition coefficient (Wildman–Crippen LogP) is 2.00. The number of aromatic amines is 1. The van der Waals surface area contributed by atoms with Gasteiger partial charge in [0, 0.05) is 18.2 Å². The molecular formula is C19H20N3O6S+. The summed E-state index contributed by atoms with van der Waals surface area (Å²) in [6, 6.07) is 12.1. The van der Waals surface area contributed by atoms with Gasteiger partial charge in [-0.05, 0) is 46.0 Å². The van der Waals surface area contributed by atoms with Gasteiger partial charge in [0.15, 0.2) is 0 Å². The lowest BCUT2D eigenvalue weighted by molar-refractivity contribution is -0.704. The number of benzene rings is 2. The molecule has 152 valence electrons. The van der Waals surface area contributed by atoms with Crippen LogP contribution in [0.5, 0.6) is 17.2 Å². The molecule has 0 aliphatic rings. The van der Waals surface area contributed by atoms with Gasteiger partial charge in [0.05, 0.1) is 32.8 Å². The summed E-state index contributed by atoms with van der Waals surface area (Å²) < 4.78 is 21.9. The molecule has 3 rings (SSSR count). The molecule has 10 heteroatoms. The van der Waals surface area contributed by atoms with Crippen LogP contribution >= 0.6 is 11.8 Å². The van der Waals surface area contributed by atoms with Crippen LogP contribution < -0.4 is 29.8 Å². The molecule has 1 heterocycles. The third-order valence-corrected chi connectivity index (χ3v) is 4.99. The van der Waals surface area contributed by atoms with E-state index in [-0.39, 0.29) is 16.7 Å². The summed E-state index contributed by atoms with van der Waals surface area (Å²) in [5, 5.41) is 5.54. The van der Waals surface area contributed by atoms with E-state index in [2.05, 4.69) is 10.6 Å². The Labute approximate surface area is 170 Å². The van der Waals surface area contributed by atoms with Crippen molar-refractivity contribution in [2.45, 2.75) is 5.03 Å². The summed E-state index contributed by atoms with van der Waals surface area (Å²) in [6.07, 6.45) is 0. The maximum atomic E-state index is 12.4. The van der Waals surface area contributed by atoms with Gasteiger partial charge in [-0.15, -0.1) is 0 Å². The molecule has 0 unspecified atom stereocenters. The maximum absolute atomic E-state index is 12.4. The Hall–Kier alpha value is -3.40. The van der Waals surface area contributed by atoms with Crippen molar-refractivity contribution in [3.63, 3.8) is 0 Å². The lowest BCUT2D eigenvalue weighted by Gasteiger charge is -2.11. The van der Waals surface area contributed by atoms with Crippen LogP contribution in [0.4, 0.5) is 5.69 Å². The molecule has 2 N–H and O–H groups in total. The van der Waals surface area contributed by atoms with E-state index in [1.807, 2.05) is 0 Å². The highest BCUT2D eigenvalue weighted by Gasteiger charge is 2.25. The number of thioether (sulfide) groups is 1. The Morgan fingerprint density at radius 3 is 2.41 bits per heavy atom. The Kier molecular flexibility index (Phi) is 6.45. The summed E-state index contributed by atoms with van der Waals surface area (Å²) >= 11 is 1.05. The van der Waals surface area contributed by atoms with Crippen LogP contribution in [0.15, 0.2) is 56.8 Å². The number of anilines is 1. The molecule has 1 amide bonds. The first-order valence-electron chi connectivity index (χ1n) is 8.48. The van der Waals surface area contributed by atoms with E-state index in [0.717, 1.165) is 11.8 Å². The topological polar surface area (TPSA) is 107 Å². The molecule has 0 bridgehead atoms. The van der Waals surface area contributed by atoms with Gasteiger partial charge in [-0.1, -0.05) is 0 Å². The summed E-state index contributed by atoms with van der Waals surface area (Å²) in [4.78, 5) is 24.4. The zero-order valence-corrected chi connectivity index (χ0v) is 16.9. The van der Waals surface area contributed by atoms with Gasteiger partial charge in [0.1, 0.15) is 17.2 Å². The number of carbonyl (C=O) groups excluding carboxylic acids is 1. The Morgan fingerprint density at radius 1 is 1.07 bits per heavy atom. The minimum Gasteiger partial charge on any atom is -0.497 e. The fourth-order valence-corrected chi connectivity index (χ4v) is 3.28. The van der Waals surface area contributed by atoms with E-state index in [4.69, 9.17) is 18.7 Å². The number of hydrogen-bond donors (Lipinski definition) is 2. The molecule has 0 aliphatic carbocycles. The number of aromatic nitrogens is 2. The third kappa shape index (κ3) is 4.72. The first-order valence-corrected chi connectivity index (χ1v) is 9.47. The number of hydrogen-bond acceptors (Lipinski definition) is 7. The molecule has 9 nitrogen and oxygen atoms in total. The molecule has 29 heavy (non-hydrogen) atoms. The second-order valence-corrected chi connectivity index (χ2v) is 6.69. The number of rotatable bonds is 8. The third-order valence-electron chi connectivity index (χ3n) is 3.96. The molecule has 0 atom stereocenters. The van der Waals surface area contributed by atoms with Crippen molar-refractivity contribution in [2.24, 2.45) is 0 Å². The van der Waals surface area contributed by atoms with Crippen molar-refractivity contribution in [3.05, 3.63) is 52.9 Å². The van der Waals surface area contributed by atoms with Gasteiger partial charge in [-0.3, -0.25) is 9.32 Å². The van der Waals surface area contributed by atoms with Gasteiger partial charge >= 0.3 is 10.7 Å². The van der Waals surface area contributed by atoms with E-state index >= 15 is 0 Å². The average Bonchev–Trinajstić information content (AvgIpc) is 3.12. The molecule has 1 aromatic heterocycles. The number of nitrogens with zero attached hydrogens (tertiary/aromatic N) is 1. The highest BCUT2D eigenvalue weighted by Crippen LogP contribution is 2.29. The average molecular weight is 418 g/mol. The highest BCUT2D eigenvalue weighted by molar-refractivity contribution is 7.99. The minimum absolute atomic E-state index is 0.00600. The van der Waals surface area contributed by atoms with Crippen LogP contribution in [-0.2, 0) is 4.79 Å². The summed E-state index contributed by atoms with van der Waals surface area (Å²) in [7, 11) is 4.62. The van der Waals surface area contributed by atoms with E-state index in [0.29, 0.717) is 28.6 Å². The van der Waals surface area contributed by atoms with Crippen LogP contribution in [-0.4, -0.2) is 38.3 Å². The zero-order chi connectivity index (χ0) is 20.8. The number of methoxy groups -OCH3 is 3. The zero-order valence-electron chi connectivity index (χ0n) is 16.1. The van der Waals surface area contributed by atoms with Gasteiger partial charge < -0.3 is 19.5 Å². The number of nitrogens with one attached hydrogen (secondary N) is 2. The molecular weight excluding hydrogens is 398 g/mol. The molecule has 0 saturated carbocycles. The highest BCUT2D eigenvalue weighted by atomic mass is 32.2. The normalized spacial score (nSPS) is 10.4. The lowest BCUT2D eigenvalue weighted by Crippen LogP contribution is -2.36. The number of H-pyrrole nitrogens is 1. The molecule has 0 radical (unpaired) electrons. The van der Waals surface area contributed by atoms with Crippen molar-refractivity contribution >= 4 is 23.4 Å². The summed E-state index contributed by atoms with van der Waals surface area (Å²) in [5.74, 6) is 1.45. The smallest absolute Gasteiger partial charge is 0.442 e. The molecule has 0 fully saturated rings. The van der Waals surface area contributed by atoms with E-state index in [9.17, 15) is 9.59 Å². The predicted molar refractivity (Wildman–Crippen MR) is 106 cm³/mol. The van der Waals surface area contributed by atoms with E-state index in [1.165, 1.54) is 11.8 Å². The largest absolute Gasteiger partial charge is 0.497 e. The first-order chi connectivity index (χ1) is 14.0. The van der Waals surface area contributed by atoms with Crippen molar-refractivity contribution in [1.82, 2.24) is 5.27 Å². The van der Waals surface area contributed by atoms with Crippen molar-refractivity contribution in [3.8, 4) is 22.9 Å². The maximum Gasteiger partial charge on any atom is 0.442 e. The SMILES string of the molecule is COc1ccc(-[n+]2[nH]oc(=O)c2SCC(=O)Nc2ccc(OC)cc2OC)cc1. The fraction of sp³-hybridized carbons (Fsp3) is 0.211. The standard InChI is InChI=1S/C19H19N3O6S/c1-25-13-6-4-12(5-7-13)22-18(19(24)28-21-22)29-11-17(23)20-15-9-8-14(26-2)10-16(15)27-3/h4-10H,11H2,1-3H3,(H-,20,21,23,24)/p+1. The van der Waals surface area contributed by atoms with Crippen molar-refractivity contribution < 1.29 is 28.2 Å². The van der Waals surface area contributed by atoms with Gasteiger partial charge in [0.2, 0.25) is 11.6 Å². The summed E-state index contributed by atoms with van der Waals surface area (Å²) in [6.45, 7) is 0. The molecule has 0 aliphatic heterocycles. The lowest BCUT2D eigenvalue weighted by atomic mass is 10.2. The Bertz CT molecular complexity index is 1040. The molecule has 2 aromatic carbocycles. The fourth-order valence-electron chi connectivity index (χ4n) is 2.51. The Balaban J connectivity index is 1.71. The quantitative estimate of drug-likeness (QED) is 0.426. The van der Waals surface area contributed by atoms with Crippen LogP contribution in [0, 0.1) is 0 Å².